The SMILES string of the molecule is CCCCCCCCCC(C(=O)O)n1c(-c2ccccc2)c(-c2ccccc2)n(-c2ccccc2)c1=O. The first-order chi connectivity index (χ1) is 18.1. The van der Waals surface area contributed by atoms with E-state index >= 15 is 0 Å². The number of aromatic nitrogens is 2. The fraction of sp³-hybridized carbons (Fsp3) is 0.312. The molecule has 0 aliphatic heterocycles. The van der Waals surface area contributed by atoms with Gasteiger partial charge in [0.2, 0.25) is 0 Å². The Morgan fingerprint density at radius 1 is 0.703 bits per heavy atom. The van der Waals surface area contributed by atoms with Gasteiger partial charge in [-0.3, -0.25) is 9.13 Å². The molecule has 4 rings (SSSR count). The van der Waals surface area contributed by atoms with E-state index in [1.165, 1.54) is 30.3 Å². The fourth-order valence-corrected chi connectivity index (χ4v) is 5.02. The predicted octanol–water partition coefficient (Wildman–Crippen LogP) is 7.74. The lowest BCUT2D eigenvalue weighted by molar-refractivity contribution is -0.141. The maximum Gasteiger partial charge on any atom is 0.334 e. The number of para-hydroxylation sites is 1. The van der Waals surface area contributed by atoms with Gasteiger partial charge >= 0.3 is 11.7 Å². The summed E-state index contributed by atoms with van der Waals surface area (Å²) >= 11 is 0. The number of carbonyl (C=O) groups is 1. The summed E-state index contributed by atoms with van der Waals surface area (Å²) in [4.78, 5) is 26.8. The summed E-state index contributed by atoms with van der Waals surface area (Å²) in [5.74, 6) is -0.977. The number of nitrogens with zero attached hydrogens (tertiary/aromatic N) is 2. The molecular weight excluding hydrogens is 460 g/mol. The molecule has 3 aromatic carbocycles. The van der Waals surface area contributed by atoms with E-state index in [1.807, 2.05) is 91.0 Å². The molecule has 0 radical (unpaired) electrons. The van der Waals surface area contributed by atoms with Crippen molar-refractivity contribution < 1.29 is 9.90 Å². The number of carboxylic acids is 1. The Hall–Kier alpha value is -3.86. The minimum Gasteiger partial charge on any atom is -0.480 e. The monoisotopic (exact) mass is 496 g/mol. The van der Waals surface area contributed by atoms with Crippen LogP contribution in [0.5, 0.6) is 0 Å². The first kappa shape index (κ1) is 26.2. The van der Waals surface area contributed by atoms with Gasteiger partial charge in [0.15, 0.2) is 0 Å². The molecule has 0 amide bonds. The van der Waals surface area contributed by atoms with Gasteiger partial charge < -0.3 is 5.11 Å². The van der Waals surface area contributed by atoms with E-state index in [-0.39, 0.29) is 5.69 Å². The maximum absolute atomic E-state index is 14.2. The molecule has 0 saturated carbocycles. The van der Waals surface area contributed by atoms with Crippen LogP contribution in [0, 0.1) is 0 Å². The summed E-state index contributed by atoms with van der Waals surface area (Å²) in [5.41, 5.74) is 3.39. The van der Waals surface area contributed by atoms with Crippen molar-refractivity contribution in [2.24, 2.45) is 0 Å². The number of hydrogen-bond acceptors (Lipinski definition) is 2. The fourth-order valence-electron chi connectivity index (χ4n) is 5.02. The quantitative estimate of drug-likeness (QED) is 0.193. The highest BCUT2D eigenvalue weighted by atomic mass is 16.4. The Bertz CT molecular complexity index is 1330. The van der Waals surface area contributed by atoms with Gasteiger partial charge in [0.05, 0.1) is 17.1 Å². The molecule has 192 valence electrons. The Morgan fingerprint density at radius 3 is 1.73 bits per heavy atom. The van der Waals surface area contributed by atoms with Gasteiger partial charge in [0.25, 0.3) is 0 Å². The van der Waals surface area contributed by atoms with Crippen LogP contribution in [-0.4, -0.2) is 20.2 Å². The molecule has 0 fully saturated rings. The largest absolute Gasteiger partial charge is 0.480 e. The van der Waals surface area contributed by atoms with E-state index in [2.05, 4.69) is 6.92 Å². The van der Waals surface area contributed by atoms with E-state index in [0.29, 0.717) is 23.5 Å². The van der Waals surface area contributed by atoms with Crippen LogP contribution in [0.25, 0.3) is 28.2 Å². The molecule has 1 N–H and O–H groups in total. The predicted molar refractivity (Wildman–Crippen MR) is 150 cm³/mol. The summed E-state index contributed by atoms with van der Waals surface area (Å²) in [6, 6.07) is 27.9. The highest BCUT2D eigenvalue weighted by Crippen LogP contribution is 2.36. The molecule has 0 bridgehead atoms. The van der Waals surface area contributed by atoms with Crippen LogP contribution in [0.1, 0.15) is 64.3 Å². The second-order valence-electron chi connectivity index (χ2n) is 9.52. The first-order valence-corrected chi connectivity index (χ1v) is 13.4. The molecular formula is C32H36N2O3. The highest BCUT2D eigenvalue weighted by molar-refractivity contribution is 5.82. The highest BCUT2D eigenvalue weighted by Gasteiger charge is 2.31. The van der Waals surface area contributed by atoms with Crippen LogP contribution in [-0.2, 0) is 4.79 Å². The zero-order valence-electron chi connectivity index (χ0n) is 21.6. The van der Waals surface area contributed by atoms with Crippen molar-refractivity contribution in [3.8, 4) is 28.2 Å². The average Bonchev–Trinajstić information content (AvgIpc) is 3.24. The third-order valence-electron chi connectivity index (χ3n) is 6.87. The zero-order valence-corrected chi connectivity index (χ0v) is 21.6. The van der Waals surface area contributed by atoms with E-state index in [0.717, 1.165) is 30.4 Å². The minimum absolute atomic E-state index is 0.334. The van der Waals surface area contributed by atoms with Crippen LogP contribution >= 0.6 is 0 Å². The molecule has 4 aromatic rings. The third-order valence-corrected chi connectivity index (χ3v) is 6.87. The standard InChI is InChI=1S/C32H36N2O3/c1-2-3-4-5-6-7-17-24-28(31(35)36)34-30(26-20-13-9-14-21-26)29(25-18-11-8-12-19-25)33(32(34)37)27-22-15-10-16-23-27/h8-16,18-23,28H,2-7,17,24H2,1H3,(H,35,36). The van der Waals surface area contributed by atoms with Crippen molar-refractivity contribution in [2.75, 3.05) is 0 Å². The molecule has 1 atom stereocenters. The smallest absolute Gasteiger partial charge is 0.334 e. The van der Waals surface area contributed by atoms with Gasteiger partial charge in [-0.15, -0.1) is 0 Å². The number of aliphatic carboxylic acids is 1. The Balaban J connectivity index is 1.85. The summed E-state index contributed by atoms with van der Waals surface area (Å²) in [7, 11) is 0. The number of rotatable bonds is 13. The van der Waals surface area contributed by atoms with Gasteiger partial charge in [-0.05, 0) is 18.6 Å². The van der Waals surface area contributed by atoms with Crippen molar-refractivity contribution in [1.29, 1.82) is 0 Å². The van der Waals surface area contributed by atoms with Crippen molar-refractivity contribution in [2.45, 2.75) is 64.3 Å². The number of benzene rings is 3. The molecule has 0 aliphatic carbocycles. The summed E-state index contributed by atoms with van der Waals surface area (Å²) < 4.78 is 3.18. The lowest BCUT2D eigenvalue weighted by Crippen LogP contribution is -2.31. The number of carboxylic acid groups (broad SMARTS) is 1. The van der Waals surface area contributed by atoms with Gasteiger partial charge in [-0.25, -0.2) is 9.59 Å². The normalized spacial score (nSPS) is 11.9. The molecule has 1 unspecified atom stereocenters. The summed E-state index contributed by atoms with van der Waals surface area (Å²) in [6.45, 7) is 2.20. The summed E-state index contributed by atoms with van der Waals surface area (Å²) in [6.07, 6.45) is 8.06. The van der Waals surface area contributed by atoms with Gasteiger partial charge in [-0.1, -0.05) is 131 Å². The van der Waals surface area contributed by atoms with E-state index in [9.17, 15) is 14.7 Å². The number of unbranched alkanes of at least 4 members (excludes halogenated alkanes) is 6. The first-order valence-electron chi connectivity index (χ1n) is 13.4. The molecule has 37 heavy (non-hydrogen) atoms. The van der Waals surface area contributed by atoms with Crippen LogP contribution < -0.4 is 5.69 Å². The molecule has 0 aliphatic rings. The second kappa shape index (κ2) is 12.9. The Labute approximate surface area is 219 Å². The van der Waals surface area contributed by atoms with E-state index in [4.69, 9.17) is 0 Å². The van der Waals surface area contributed by atoms with Gasteiger partial charge in [0.1, 0.15) is 6.04 Å². The number of hydrogen-bond donors (Lipinski definition) is 1. The van der Waals surface area contributed by atoms with Crippen LogP contribution in [0.3, 0.4) is 0 Å². The van der Waals surface area contributed by atoms with Gasteiger partial charge in [-0.2, -0.15) is 0 Å². The van der Waals surface area contributed by atoms with E-state index < -0.39 is 12.0 Å². The molecule has 0 spiro atoms. The Kier molecular flexibility index (Phi) is 9.14. The van der Waals surface area contributed by atoms with Crippen LogP contribution in [0.2, 0.25) is 0 Å². The molecule has 1 heterocycles. The molecule has 1 aromatic heterocycles. The maximum atomic E-state index is 14.2. The number of imidazole rings is 1. The van der Waals surface area contributed by atoms with Crippen LogP contribution in [0.15, 0.2) is 95.8 Å². The molecule has 5 heteroatoms. The van der Waals surface area contributed by atoms with Crippen LogP contribution in [0.4, 0.5) is 0 Å². The van der Waals surface area contributed by atoms with Crippen molar-refractivity contribution in [1.82, 2.24) is 9.13 Å². The second-order valence-corrected chi connectivity index (χ2v) is 9.52. The molecule has 0 saturated heterocycles. The average molecular weight is 497 g/mol. The summed E-state index contributed by atoms with van der Waals surface area (Å²) in [5, 5.41) is 10.4. The van der Waals surface area contributed by atoms with Crippen molar-refractivity contribution in [3.63, 3.8) is 0 Å². The van der Waals surface area contributed by atoms with E-state index in [1.54, 1.807) is 4.57 Å². The lowest BCUT2D eigenvalue weighted by atomic mass is 10.0. The topological polar surface area (TPSA) is 64.2 Å². The molecule has 5 nitrogen and oxygen atoms in total. The van der Waals surface area contributed by atoms with Gasteiger partial charge in [0, 0.05) is 11.1 Å². The lowest BCUT2D eigenvalue weighted by Gasteiger charge is -2.17. The zero-order chi connectivity index (χ0) is 26.0. The van der Waals surface area contributed by atoms with Crippen molar-refractivity contribution in [3.05, 3.63) is 101 Å². The Morgan fingerprint density at radius 2 is 1.19 bits per heavy atom. The minimum atomic E-state index is -0.977. The van der Waals surface area contributed by atoms with Crippen molar-refractivity contribution >= 4 is 5.97 Å². The third kappa shape index (κ3) is 6.11.